The molecule has 8 heteroatoms. The van der Waals surface area contributed by atoms with Gasteiger partial charge in [0.05, 0.1) is 18.1 Å². The number of nitro benzene ring substituents is 1. The number of nitriles is 1. The van der Waals surface area contributed by atoms with E-state index in [0.717, 1.165) is 16.3 Å². The van der Waals surface area contributed by atoms with Gasteiger partial charge in [-0.1, -0.05) is 60.7 Å². The van der Waals surface area contributed by atoms with Crippen LogP contribution in [-0.4, -0.2) is 17.9 Å². The first-order valence-electron chi connectivity index (χ1n) is 10.9. The number of hydrogen-bond donors (Lipinski definition) is 1. The van der Waals surface area contributed by atoms with E-state index in [4.69, 9.17) is 9.47 Å². The van der Waals surface area contributed by atoms with Crippen molar-refractivity contribution in [2.75, 3.05) is 12.4 Å². The predicted octanol–water partition coefficient (Wildman–Crippen LogP) is 5.88. The number of nitrogens with one attached hydrogen (secondary N) is 1. The molecule has 0 saturated heterocycles. The number of carbonyl (C=O) groups is 1. The summed E-state index contributed by atoms with van der Waals surface area (Å²) < 4.78 is 11.1. The maximum atomic E-state index is 13.0. The number of fused-ring (bicyclic) bond motifs is 1. The average Bonchev–Trinajstić information content (AvgIpc) is 2.91. The first kappa shape index (κ1) is 24.0. The third kappa shape index (κ3) is 5.32. The minimum absolute atomic E-state index is 0.0505. The topological polar surface area (TPSA) is 114 Å². The molecule has 4 rings (SSSR count). The lowest BCUT2D eigenvalue weighted by Gasteiger charge is -2.13. The van der Waals surface area contributed by atoms with Gasteiger partial charge < -0.3 is 14.8 Å². The molecular weight excluding hydrogens is 458 g/mol. The highest BCUT2D eigenvalue weighted by Gasteiger charge is 2.20. The van der Waals surface area contributed by atoms with E-state index in [0.29, 0.717) is 17.9 Å². The van der Waals surface area contributed by atoms with Crippen molar-refractivity contribution in [2.45, 2.75) is 6.61 Å². The maximum absolute atomic E-state index is 13.0. The lowest BCUT2D eigenvalue weighted by Crippen LogP contribution is -2.14. The van der Waals surface area contributed by atoms with Gasteiger partial charge in [-0.05, 0) is 40.6 Å². The number of methoxy groups -OCH3 is 1. The molecule has 4 aromatic carbocycles. The Labute approximate surface area is 207 Å². The lowest BCUT2D eigenvalue weighted by molar-refractivity contribution is -0.384. The first-order valence-corrected chi connectivity index (χ1v) is 10.9. The maximum Gasteiger partial charge on any atom is 0.296 e. The quantitative estimate of drug-likeness (QED) is 0.146. The highest BCUT2D eigenvalue weighted by Crippen LogP contribution is 2.32. The zero-order valence-electron chi connectivity index (χ0n) is 19.3. The van der Waals surface area contributed by atoms with Crippen molar-refractivity contribution in [3.05, 3.63) is 112 Å². The lowest BCUT2D eigenvalue weighted by atomic mass is 10.0. The highest BCUT2D eigenvalue weighted by molar-refractivity contribution is 6.12. The number of ether oxygens (including phenoxy) is 2. The normalized spacial score (nSPS) is 10.9. The summed E-state index contributed by atoms with van der Waals surface area (Å²) in [6, 6.07) is 26.8. The molecule has 0 aliphatic carbocycles. The predicted molar refractivity (Wildman–Crippen MR) is 137 cm³/mol. The Morgan fingerprint density at radius 3 is 2.53 bits per heavy atom. The zero-order chi connectivity index (χ0) is 25.5. The molecule has 4 aromatic rings. The van der Waals surface area contributed by atoms with Gasteiger partial charge in [0.25, 0.3) is 11.6 Å². The van der Waals surface area contributed by atoms with Crippen molar-refractivity contribution in [1.82, 2.24) is 0 Å². The van der Waals surface area contributed by atoms with Gasteiger partial charge in [0.2, 0.25) is 0 Å². The molecule has 0 heterocycles. The summed E-state index contributed by atoms with van der Waals surface area (Å²) in [5.74, 6) is -0.0204. The van der Waals surface area contributed by atoms with Gasteiger partial charge in [0, 0.05) is 5.56 Å². The summed E-state index contributed by atoms with van der Waals surface area (Å²) in [5, 5.41) is 25.4. The second-order valence-electron chi connectivity index (χ2n) is 7.74. The Bertz CT molecular complexity index is 1510. The zero-order valence-corrected chi connectivity index (χ0v) is 19.3. The second kappa shape index (κ2) is 10.8. The molecule has 1 amide bonds. The van der Waals surface area contributed by atoms with Crippen LogP contribution in [0, 0.1) is 21.4 Å². The van der Waals surface area contributed by atoms with Gasteiger partial charge in [-0.25, -0.2) is 0 Å². The number of anilines is 1. The average molecular weight is 479 g/mol. The molecule has 178 valence electrons. The van der Waals surface area contributed by atoms with E-state index in [1.165, 1.54) is 31.4 Å². The standard InChI is InChI=1S/C28H21N3O5/c1-35-22-12-13-25(26(16-22)31(33)34)30-28(32)21(17-29)15-24-23-10-6-5-9-20(23)11-14-27(24)36-18-19-7-3-2-4-8-19/h2-16H,18H2,1H3,(H,30,32)/b21-15+. The van der Waals surface area contributed by atoms with Crippen LogP contribution in [0.5, 0.6) is 11.5 Å². The molecule has 0 fully saturated rings. The largest absolute Gasteiger partial charge is 0.496 e. The summed E-state index contributed by atoms with van der Waals surface area (Å²) in [5.41, 5.74) is 0.883. The van der Waals surface area contributed by atoms with Crippen molar-refractivity contribution >= 4 is 34.1 Å². The highest BCUT2D eigenvalue weighted by atomic mass is 16.6. The molecule has 36 heavy (non-hydrogen) atoms. The van der Waals surface area contributed by atoms with E-state index in [2.05, 4.69) is 5.32 Å². The van der Waals surface area contributed by atoms with Crippen LogP contribution in [0.25, 0.3) is 16.8 Å². The van der Waals surface area contributed by atoms with Crippen LogP contribution < -0.4 is 14.8 Å². The minimum Gasteiger partial charge on any atom is -0.496 e. The Kier molecular flexibility index (Phi) is 7.22. The summed E-state index contributed by atoms with van der Waals surface area (Å²) in [4.78, 5) is 23.9. The molecule has 0 bridgehead atoms. The van der Waals surface area contributed by atoms with Crippen LogP contribution in [0.4, 0.5) is 11.4 Å². The molecular formula is C28H21N3O5. The van der Waals surface area contributed by atoms with Gasteiger partial charge >= 0.3 is 0 Å². The molecule has 0 unspecified atom stereocenters. The van der Waals surface area contributed by atoms with Crippen molar-refractivity contribution in [3.8, 4) is 17.6 Å². The third-order valence-electron chi connectivity index (χ3n) is 5.47. The van der Waals surface area contributed by atoms with Crippen molar-refractivity contribution in [3.63, 3.8) is 0 Å². The molecule has 0 spiro atoms. The van der Waals surface area contributed by atoms with Gasteiger partial charge in [0.15, 0.2) is 0 Å². The molecule has 0 saturated carbocycles. The Morgan fingerprint density at radius 2 is 1.81 bits per heavy atom. The second-order valence-corrected chi connectivity index (χ2v) is 7.74. The van der Waals surface area contributed by atoms with E-state index in [-0.39, 0.29) is 22.7 Å². The van der Waals surface area contributed by atoms with Crippen LogP contribution >= 0.6 is 0 Å². The van der Waals surface area contributed by atoms with Crippen LogP contribution in [-0.2, 0) is 11.4 Å². The van der Waals surface area contributed by atoms with Crippen LogP contribution in [0.3, 0.4) is 0 Å². The molecule has 0 aromatic heterocycles. The fraction of sp³-hybridized carbons (Fsp3) is 0.0714. The number of hydrogen-bond acceptors (Lipinski definition) is 6. The fourth-order valence-corrected chi connectivity index (χ4v) is 3.66. The van der Waals surface area contributed by atoms with Crippen LogP contribution in [0.2, 0.25) is 0 Å². The molecule has 0 radical (unpaired) electrons. The number of rotatable bonds is 8. The first-order chi connectivity index (χ1) is 17.5. The summed E-state index contributed by atoms with van der Waals surface area (Å²) >= 11 is 0. The van der Waals surface area contributed by atoms with Crippen molar-refractivity contribution in [2.24, 2.45) is 0 Å². The summed E-state index contributed by atoms with van der Waals surface area (Å²) in [6.45, 7) is 0.298. The molecule has 0 aliphatic rings. The summed E-state index contributed by atoms with van der Waals surface area (Å²) in [7, 11) is 1.38. The third-order valence-corrected chi connectivity index (χ3v) is 5.47. The Morgan fingerprint density at radius 1 is 1.06 bits per heavy atom. The van der Waals surface area contributed by atoms with E-state index < -0.39 is 10.8 Å². The van der Waals surface area contributed by atoms with Crippen LogP contribution in [0.1, 0.15) is 11.1 Å². The number of nitro groups is 1. The smallest absolute Gasteiger partial charge is 0.296 e. The van der Waals surface area contributed by atoms with Gasteiger partial charge in [-0.3, -0.25) is 14.9 Å². The molecule has 0 atom stereocenters. The van der Waals surface area contributed by atoms with Crippen molar-refractivity contribution in [1.29, 1.82) is 5.26 Å². The molecule has 0 aliphatic heterocycles. The number of nitrogens with zero attached hydrogens (tertiary/aromatic N) is 2. The van der Waals surface area contributed by atoms with E-state index in [1.54, 1.807) is 6.07 Å². The van der Waals surface area contributed by atoms with E-state index >= 15 is 0 Å². The molecule has 1 N–H and O–H groups in total. The SMILES string of the molecule is COc1ccc(NC(=O)/C(C#N)=C/c2c(OCc3ccccc3)ccc3ccccc23)c([N+](=O)[O-])c1. The number of benzene rings is 4. The van der Waals surface area contributed by atoms with E-state index in [1.807, 2.05) is 66.7 Å². The van der Waals surface area contributed by atoms with Gasteiger partial charge in [-0.15, -0.1) is 0 Å². The number of carbonyl (C=O) groups excluding carboxylic acids is 1. The fourth-order valence-electron chi connectivity index (χ4n) is 3.66. The van der Waals surface area contributed by atoms with Gasteiger partial charge in [0.1, 0.15) is 35.4 Å². The Hall–Kier alpha value is -5.16. The number of amides is 1. The van der Waals surface area contributed by atoms with Crippen molar-refractivity contribution < 1.29 is 19.2 Å². The molecule has 8 nitrogen and oxygen atoms in total. The Balaban J connectivity index is 1.71. The van der Waals surface area contributed by atoms with E-state index in [9.17, 15) is 20.2 Å². The van der Waals surface area contributed by atoms with Crippen LogP contribution in [0.15, 0.2) is 90.5 Å². The van der Waals surface area contributed by atoms with Gasteiger partial charge in [-0.2, -0.15) is 5.26 Å². The summed E-state index contributed by atoms with van der Waals surface area (Å²) in [6.07, 6.45) is 1.44. The minimum atomic E-state index is -0.785. The monoisotopic (exact) mass is 479 g/mol.